The number of rotatable bonds is 2. The molecule has 0 aliphatic heterocycles. The van der Waals surface area contributed by atoms with Gasteiger partial charge in [-0.3, -0.25) is 9.78 Å². The van der Waals surface area contributed by atoms with Crippen molar-refractivity contribution in [2.75, 3.05) is 11.1 Å². The molecule has 0 saturated carbocycles. The van der Waals surface area contributed by atoms with Gasteiger partial charge < -0.3 is 11.1 Å². The summed E-state index contributed by atoms with van der Waals surface area (Å²) in [6.07, 6.45) is 1.51. The van der Waals surface area contributed by atoms with Gasteiger partial charge in [0.25, 0.3) is 5.91 Å². The highest BCUT2D eigenvalue weighted by molar-refractivity contribution is 6.11. The van der Waals surface area contributed by atoms with Crippen LogP contribution in [0.15, 0.2) is 54.7 Å². The number of nitrogens with zero attached hydrogens (tertiary/aromatic N) is 1. The van der Waals surface area contributed by atoms with E-state index in [4.69, 9.17) is 5.73 Å². The van der Waals surface area contributed by atoms with Gasteiger partial charge in [0, 0.05) is 28.7 Å². The minimum atomic E-state index is -0.253. The molecule has 0 aliphatic carbocycles. The summed E-state index contributed by atoms with van der Waals surface area (Å²) in [5.41, 5.74) is 8.25. The van der Waals surface area contributed by atoms with Crippen LogP contribution in [-0.4, -0.2) is 10.9 Å². The number of anilines is 2. The standard InChI is InChI=1S/C17H15N3O/c1-11-9-15(18)14(10-19-11)17(21)20-16-8-4-6-12-5-2-3-7-13(12)16/h2-10H,1H3,(H2,18,19)(H,20,21). The molecule has 3 N–H and O–H groups in total. The maximum Gasteiger partial charge on any atom is 0.259 e. The van der Waals surface area contributed by atoms with E-state index in [0.717, 1.165) is 22.2 Å². The summed E-state index contributed by atoms with van der Waals surface area (Å²) < 4.78 is 0. The van der Waals surface area contributed by atoms with Crippen molar-refractivity contribution in [1.82, 2.24) is 4.98 Å². The summed E-state index contributed by atoms with van der Waals surface area (Å²) >= 11 is 0. The second-order valence-electron chi connectivity index (χ2n) is 4.89. The zero-order chi connectivity index (χ0) is 14.8. The van der Waals surface area contributed by atoms with Crippen molar-refractivity contribution in [3.8, 4) is 0 Å². The number of carbonyl (C=O) groups is 1. The fraction of sp³-hybridized carbons (Fsp3) is 0.0588. The monoisotopic (exact) mass is 277 g/mol. The summed E-state index contributed by atoms with van der Waals surface area (Å²) in [4.78, 5) is 16.5. The maximum absolute atomic E-state index is 12.4. The molecular formula is C17H15N3O. The van der Waals surface area contributed by atoms with E-state index < -0.39 is 0 Å². The molecule has 4 heteroatoms. The number of hydrogen-bond acceptors (Lipinski definition) is 3. The Bertz CT molecular complexity index is 822. The van der Waals surface area contributed by atoms with Crippen LogP contribution in [-0.2, 0) is 0 Å². The molecule has 0 unspecified atom stereocenters. The van der Waals surface area contributed by atoms with Crippen molar-refractivity contribution in [1.29, 1.82) is 0 Å². The molecule has 0 saturated heterocycles. The second-order valence-corrected chi connectivity index (χ2v) is 4.89. The van der Waals surface area contributed by atoms with E-state index in [2.05, 4.69) is 10.3 Å². The Morgan fingerprint density at radius 1 is 1.14 bits per heavy atom. The van der Waals surface area contributed by atoms with Gasteiger partial charge in [0.2, 0.25) is 0 Å². The first-order chi connectivity index (χ1) is 10.1. The molecule has 21 heavy (non-hydrogen) atoms. The van der Waals surface area contributed by atoms with E-state index in [0.29, 0.717) is 11.3 Å². The van der Waals surface area contributed by atoms with Crippen LogP contribution in [0.1, 0.15) is 16.1 Å². The third-order valence-electron chi connectivity index (χ3n) is 3.36. The third kappa shape index (κ3) is 2.56. The molecular weight excluding hydrogens is 262 g/mol. The van der Waals surface area contributed by atoms with Crippen LogP contribution < -0.4 is 11.1 Å². The Morgan fingerprint density at radius 2 is 1.90 bits per heavy atom. The molecule has 1 amide bonds. The molecule has 1 aromatic heterocycles. The highest BCUT2D eigenvalue weighted by Gasteiger charge is 2.12. The number of aryl methyl sites for hydroxylation is 1. The smallest absolute Gasteiger partial charge is 0.259 e. The fourth-order valence-corrected chi connectivity index (χ4v) is 2.29. The highest BCUT2D eigenvalue weighted by Crippen LogP contribution is 2.24. The van der Waals surface area contributed by atoms with Crippen LogP contribution in [0.3, 0.4) is 0 Å². The summed E-state index contributed by atoms with van der Waals surface area (Å²) in [6.45, 7) is 1.84. The molecule has 3 aromatic rings. The third-order valence-corrected chi connectivity index (χ3v) is 3.36. The van der Waals surface area contributed by atoms with Gasteiger partial charge in [0.15, 0.2) is 0 Å². The average molecular weight is 277 g/mol. The van der Waals surface area contributed by atoms with Crippen LogP contribution >= 0.6 is 0 Å². The molecule has 1 heterocycles. The first-order valence-electron chi connectivity index (χ1n) is 6.66. The van der Waals surface area contributed by atoms with E-state index in [-0.39, 0.29) is 5.91 Å². The second kappa shape index (κ2) is 5.25. The number of carbonyl (C=O) groups excluding carboxylic acids is 1. The number of benzene rings is 2. The van der Waals surface area contributed by atoms with E-state index in [1.54, 1.807) is 6.07 Å². The lowest BCUT2D eigenvalue weighted by atomic mass is 10.1. The minimum Gasteiger partial charge on any atom is -0.398 e. The quantitative estimate of drug-likeness (QED) is 0.754. The number of amides is 1. The van der Waals surface area contributed by atoms with Crippen LogP contribution in [0, 0.1) is 6.92 Å². The first-order valence-corrected chi connectivity index (χ1v) is 6.66. The molecule has 0 bridgehead atoms. The summed E-state index contributed by atoms with van der Waals surface area (Å²) in [5.74, 6) is -0.253. The summed E-state index contributed by atoms with van der Waals surface area (Å²) in [7, 11) is 0. The lowest BCUT2D eigenvalue weighted by Crippen LogP contribution is -2.14. The van der Waals surface area contributed by atoms with Gasteiger partial charge in [0.05, 0.1) is 5.56 Å². The Labute approximate surface area is 122 Å². The van der Waals surface area contributed by atoms with Crippen molar-refractivity contribution in [2.24, 2.45) is 0 Å². The topological polar surface area (TPSA) is 68.0 Å². The zero-order valence-electron chi connectivity index (χ0n) is 11.6. The molecule has 3 rings (SSSR count). The van der Waals surface area contributed by atoms with E-state index in [9.17, 15) is 4.79 Å². The first kappa shape index (κ1) is 13.1. The van der Waals surface area contributed by atoms with E-state index in [1.165, 1.54) is 6.20 Å². The molecule has 0 radical (unpaired) electrons. The van der Waals surface area contributed by atoms with Gasteiger partial charge >= 0.3 is 0 Å². The largest absolute Gasteiger partial charge is 0.398 e. The molecule has 0 aliphatic rings. The Hall–Kier alpha value is -2.88. The molecule has 0 spiro atoms. The van der Waals surface area contributed by atoms with Crippen molar-refractivity contribution >= 4 is 28.1 Å². The molecule has 104 valence electrons. The minimum absolute atomic E-state index is 0.253. The number of nitrogens with one attached hydrogen (secondary N) is 1. The Kier molecular flexibility index (Phi) is 3.28. The number of nitrogen functional groups attached to an aromatic ring is 1. The SMILES string of the molecule is Cc1cc(N)c(C(=O)Nc2cccc3ccccc23)cn1. The van der Waals surface area contributed by atoms with Crippen LogP contribution in [0.4, 0.5) is 11.4 Å². The van der Waals surface area contributed by atoms with Crippen molar-refractivity contribution < 1.29 is 4.79 Å². The van der Waals surface area contributed by atoms with Gasteiger partial charge in [-0.25, -0.2) is 0 Å². The fourth-order valence-electron chi connectivity index (χ4n) is 2.29. The number of fused-ring (bicyclic) bond motifs is 1. The number of hydrogen-bond donors (Lipinski definition) is 2. The van der Waals surface area contributed by atoms with Crippen molar-refractivity contribution in [2.45, 2.75) is 6.92 Å². The summed E-state index contributed by atoms with van der Waals surface area (Å²) in [6, 6.07) is 15.4. The molecule has 4 nitrogen and oxygen atoms in total. The van der Waals surface area contributed by atoms with Gasteiger partial charge in [0.1, 0.15) is 0 Å². The van der Waals surface area contributed by atoms with Crippen molar-refractivity contribution in [3.05, 3.63) is 66.0 Å². The molecule has 0 atom stereocenters. The van der Waals surface area contributed by atoms with Crippen LogP contribution in [0.25, 0.3) is 10.8 Å². The zero-order valence-corrected chi connectivity index (χ0v) is 11.6. The van der Waals surface area contributed by atoms with Gasteiger partial charge in [-0.05, 0) is 24.4 Å². The van der Waals surface area contributed by atoms with E-state index >= 15 is 0 Å². The number of pyridine rings is 1. The van der Waals surface area contributed by atoms with Crippen LogP contribution in [0.5, 0.6) is 0 Å². The lowest BCUT2D eigenvalue weighted by Gasteiger charge is -2.10. The van der Waals surface area contributed by atoms with Crippen LogP contribution in [0.2, 0.25) is 0 Å². The van der Waals surface area contributed by atoms with Gasteiger partial charge in [-0.15, -0.1) is 0 Å². The van der Waals surface area contributed by atoms with Gasteiger partial charge in [-0.2, -0.15) is 0 Å². The summed E-state index contributed by atoms with van der Waals surface area (Å²) in [5, 5.41) is 4.97. The van der Waals surface area contributed by atoms with Crippen molar-refractivity contribution in [3.63, 3.8) is 0 Å². The maximum atomic E-state index is 12.4. The Balaban J connectivity index is 1.97. The normalized spacial score (nSPS) is 10.5. The molecule has 0 fully saturated rings. The average Bonchev–Trinajstić information content (AvgIpc) is 2.47. The Morgan fingerprint density at radius 3 is 2.71 bits per heavy atom. The van der Waals surface area contributed by atoms with Gasteiger partial charge in [-0.1, -0.05) is 36.4 Å². The lowest BCUT2D eigenvalue weighted by molar-refractivity contribution is 0.102. The predicted octanol–water partition coefficient (Wildman–Crippen LogP) is 3.38. The van der Waals surface area contributed by atoms with E-state index in [1.807, 2.05) is 49.4 Å². The molecule has 2 aromatic carbocycles. The number of nitrogens with two attached hydrogens (primary N) is 1. The predicted molar refractivity (Wildman–Crippen MR) is 85.3 cm³/mol. The highest BCUT2D eigenvalue weighted by atomic mass is 16.1. The number of aromatic nitrogens is 1.